The van der Waals surface area contributed by atoms with Crippen LogP contribution in [0.4, 0.5) is 0 Å². The second-order valence-corrected chi connectivity index (χ2v) is 8.67. The van der Waals surface area contributed by atoms with Crippen LogP contribution < -0.4 is 0 Å². The standard InChI is InChI=1S/C26H29N5O3/c1-4-26(3)15-14-20(16-23(32)34-5-2)31(25(26)33)17-18-10-12-19(13-11-18)21-8-6-7-9-22(21)24-27-29-30-28-24/h6-13,16H,4-5,14-15,17H2,1-3H3,(H,27,28,29,30)/b20-16+. The quantitative estimate of drug-likeness (QED) is 0.412. The van der Waals surface area contributed by atoms with Crippen LogP contribution in [-0.4, -0.2) is 44.0 Å². The Morgan fingerprint density at radius 2 is 1.88 bits per heavy atom. The number of nitrogens with zero attached hydrogens (tertiary/aromatic N) is 4. The average molecular weight is 460 g/mol. The van der Waals surface area contributed by atoms with Gasteiger partial charge in [0, 0.05) is 22.8 Å². The van der Waals surface area contributed by atoms with Gasteiger partial charge in [-0.25, -0.2) is 4.79 Å². The van der Waals surface area contributed by atoms with Crippen LogP contribution in [0.2, 0.25) is 0 Å². The first-order valence-corrected chi connectivity index (χ1v) is 11.6. The van der Waals surface area contributed by atoms with E-state index in [0.29, 0.717) is 31.1 Å². The number of hydrogen-bond acceptors (Lipinski definition) is 6. The van der Waals surface area contributed by atoms with Gasteiger partial charge in [0.1, 0.15) is 0 Å². The molecular formula is C26H29N5O3. The lowest BCUT2D eigenvalue weighted by Crippen LogP contribution is -2.45. The van der Waals surface area contributed by atoms with Gasteiger partial charge in [-0.05, 0) is 48.1 Å². The van der Waals surface area contributed by atoms with Crippen molar-refractivity contribution < 1.29 is 14.3 Å². The average Bonchev–Trinajstić information content (AvgIpc) is 3.39. The van der Waals surface area contributed by atoms with Gasteiger partial charge in [-0.2, -0.15) is 5.21 Å². The van der Waals surface area contributed by atoms with Gasteiger partial charge in [-0.3, -0.25) is 4.79 Å². The molecule has 1 amide bonds. The van der Waals surface area contributed by atoms with E-state index >= 15 is 0 Å². The topological polar surface area (TPSA) is 101 Å². The molecule has 8 heteroatoms. The number of aromatic nitrogens is 4. The second-order valence-electron chi connectivity index (χ2n) is 8.67. The number of carbonyl (C=O) groups excluding carboxylic acids is 2. The van der Waals surface area contributed by atoms with E-state index in [9.17, 15) is 9.59 Å². The Morgan fingerprint density at radius 1 is 1.15 bits per heavy atom. The molecule has 1 aliphatic heterocycles. The number of ether oxygens (including phenoxy) is 1. The molecule has 176 valence electrons. The lowest BCUT2D eigenvalue weighted by atomic mass is 9.77. The van der Waals surface area contributed by atoms with Gasteiger partial charge in [0.05, 0.1) is 13.2 Å². The third kappa shape index (κ3) is 4.76. The third-order valence-electron chi connectivity index (χ3n) is 6.51. The monoisotopic (exact) mass is 459 g/mol. The summed E-state index contributed by atoms with van der Waals surface area (Å²) in [5.41, 5.74) is 4.13. The van der Waals surface area contributed by atoms with Gasteiger partial charge in [0.15, 0.2) is 0 Å². The summed E-state index contributed by atoms with van der Waals surface area (Å²) in [6.45, 7) is 6.50. The maximum Gasteiger partial charge on any atom is 0.332 e. The number of likely N-dealkylation sites (tertiary alicyclic amines) is 1. The van der Waals surface area contributed by atoms with Crippen LogP contribution in [0.1, 0.15) is 45.6 Å². The molecule has 1 fully saturated rings. The van der Waals surface area contributed by atoms with E-state index in [0.717, 1.165) is 35.1 Å². The van der Waals surface area contributed by atoms with E-state index in [2.05, 4.69) is 20.6 Å². The summed E-state index contributed by atoms with van der Waals surface area (Å²) in [6, 6.07) is 15.9. The number of piperidine rings is 1. The molecule has 1 saturated heterocycles. The Balaban J connectivity index is 1.61. The molecule has 1 unspecified atom stereocenters. The maximum atomic E-state index is 13.4. The van der Waals surface area contributed by atoms with Crippen molar-refractivity contribution in [3.63, 3.8) is 0 Å². The predicted octanol–water partition coefficient (Wildman–Crippen LogP) is 4.52. The molecule has 8 nitrogen and oxygen atoms in total. The van der Waals surface area contributed by atoms with Crippen LogP contribution in [0.5, 0.6) is 0 Å². The minimum atomic E-state index is -0.435. The molecule has 4 rings (SSSR count). The summed E-state index contributed by atoms with van der Waals surface area (Å²) < 4.78 is 5.09. The number of carbonyl (C=O) groups is 2. The van der Waals surface area contributed by atoms with Crippen LogP contribution in [-0.2, 0) is 20.9 Å². The minimum absolute atomic E-state index is 0.0447. The van der Waals surface area contributed by atoms with Crippen LogP contribution in [0.25, 0.3) is 22.5 Å². The normalized spacial score (nSPS) is 19.4. The Kier molecular flexibility index (Phi) is 6.86. The minimum Gasteiger partial charge on any atom is -0.463 e. The molecular weight excluding hydrogens is 430 g/mol. The van der Waals surface area contributed by atoms with Crippen LogP contribution in [0.15, 0.2) is 60.3 Å². The van der Waals surface area contributed by atoms with E-state index in [4.69, 9.17) is 4.74 Å². The molecule has 34 heavy (non-hydrogen) atoms. The molecule has 1 aromatic heterocycles. The second kappa shape index (κ2) is 9.99. The number of esters is 1. The molecule has 0 saturated carbocycles. The van der Waals surface area contributed by atoms with Crippen molar-refractivity contribution in [1.82, 2.24) is 25.5 Å². The van der Waals surface area contributed by atoms with Gasteiger partial charge in [0.25, 0.3) is 0 Å². The highest BCUT2D eigenvalue weighted by Crippen LogP contribution is 2.39. The SMILES string of the molecule is CCOC(=O)/C=C1\CCC(C)(CC)C(=O)N1Cc1ccc(-c2ccccc2-c2nn[nH]n2)cc1. The number of H-pyrrole nitrogens is 1. The number of benzene rings is 2. The molecule has 3 aromatic rings. The Morgan fingerprint density at radius 3 is 2.53 bits per heavy atom. The van der Waals surface area contributed by atoms with Crippen molar-refractivity contribution in [2.45, 2.75) is 46.6 Å². The number of tetrazole rings is 1. The summed E-state index contributed by atoms with van der Waals surface area (Å²) in [5.74, 6) is 0.165. The fraction of sp³-hybridized carbons (Fsp3) is 0.346. The van der Waals surface area contributed by atoms with Crippen molar-refractivity contribution in [3.05, 3.63) is 65.9 Å². The van der Waals surface area contributed by atoms with Crippen molar-refractivity contribution in [1.29, 1.82) is 0 Å². The Bertz CT molecular complexity index is 1190. The molecule has 0 radical (unpaired) electrons. The van der Waals surface area contributed by atoms with Gasteiger partial charge in [0.2, 0.25) is 11.7 Å². The Hall–Kier alpha value is -3.81. The number of rotatable bonds is 7. The fourth-order valence-corrected chi connectivity index (χ4v) is 4.25. The fourth-order valence-electron chi connectivity index (χ4n) is 4.25. The molecule has 1 N–H and O–H groups in total. The third-order valence-corrected chi connectivity index (χ3v) is 6.51. The van der Waals surface area contributed by atoms with E-state index in [1.54, 1.807) is 11.8 Å². The molecule has 0 aliphatic carbocycles. The number of hydrogen-bond donors (Lipinski definition) is 1. The smallest absolute Gasteiger partial charge is 0.332 e. The first kappa shape index (κ1) is 23.4. The van der Waals surface area contributed by atoms with E-state index in [1.165, 1.54) is 6.08 Å². The highest BCUT2D eigenvalue weighted by molar-refractivity contribution is 5.88. The summed E-state index contributed by atoms with van der Waals surface area (Å²) in [7, 11) is 0. The van der Waals surface area contributed by atoms with Gasteiger partial charge in [-0.1, -0.05) is 62.4 Å². The van der Waals surface area contributed by atoms with E-state index in [1.807, 2.05) is 62.4 Å². The zero-order chi connectivity index (χ0) is 24.1. The number of allylic oxidation sites excluding steroid dienone is 1. The molecule has 1 atom stereocenters. The zero-order valence-corrected chi connectivity index (χ0v) is 19.7. The lowest BCUT2D eigenvalue weighted by molar-refractivity contribution is -0.143. The highest BCUT2D eigenvalue weighted by Gasteiger charge is 2.40. The molecule has 0 spiro atoms. The predicted molar refractivity (Wildman–Crippen MR) is 128 cm³/mol. The summed E-state index contributed by atoms with van der Waals surface area (Å²) in [4.78, 5) is 27.3. The van der Waals surface area contributed by atoms with E-state index in [-0.39, 0.29) is 5.91 Å². The van der Waals surface area contributed by atoms with Crippen molar-refractivity contribution >= 4 is 11.9 Å². The lowest BCUT2D eigenvalue weighted by Gasteiger charge is -2.40. The number of amides is 1. The zero-order valence-electron chi connectivity index (χ0n) is 19.7. The number of aromatic amines is 1. The molecule has 2 heterocycles. The molecule has 2 aromatic carbocycles. The van der Waals surface area contributed by atoms with Crippen LogP contribution in [0, 0.1) is 5.41 Å². The summed E-state index contributed by atoms with van der Waals surface area (Å²) in [6.07, 6.45) is 3.59. The maximum absolute atomic E-state index is 13.4. The summed E-state index contributed by atoms with van der Waals surface area (Å²) in [5, 5.41) is 14.4. The van der Waals surface area contributed by atoms with Crippen LogP contribution in [0.3, 0.4) is 0 Å². The highest BCUT2D eigenvalue weighted by atomic mass is 16.5. The van der Waals surface area contributed by atoms with Crippen molar-refractivity contribution in [2.75, 3.05) is 6.61 Å². The Labute approximate surface area is 199 Å². The largest absolute Gasteiger partial charge is 0.463 e. The van der Waals surface area contributed by atoms with Gasteiger partial charge < -0.3 is 9.64 Å². The van der Waals surface area contributed by atoms with Gasteiger partial charge in [-0.15, -0.1) is 10.2 Å². The molecule has 1 aliphatic rings. The van der Waals surface area contributed by atoms with E-state index < -0.39 is 11.4 Å². The van der Waals surface area contributed by atoms with Crippen LogP contribution >= 0.6 is 0 Å². The first-order chi connectivity index (χ1) is 16.4. The first-order valence-electron chi connectivity index (χ1n) is 11.6. The van der Waals surface area contributed by atoms with Gasteiger partial charge >= 0.3 is 5.97 Å². The van der Waals surface area contributed by atoms with Crippen molar-refractivity contribution in [3.8, 4) is 22.5 Å². The summed E-state index contributed by atoms with van der Waals surface area (Å²) >= 11 is 0. The number of nitrogens with one attached hydrogen (secondary N) is 1. The van der Waals surface area contributed by atoms with Crippen molar-refractivity contribution in [2.24, 2.45) is 5.41 Å². The molecule has 0 bridgehead atoms.